The smallest absolute Gasteiger partial charge is 0.264 e. The molecule has 0 saturated carbocycles. The highest BCUT2D eigenvalue weighted by Gasteiger charge is 2.04. The fourth-order valence-electron chi connectivity index (χ4n) is 1.04. The van der Waals surface area contributed by atoms with Crippen LogP contribution in [0.25, 0.3) is 0 Å². The second-order valence-electron chi connectivity index (χ2n) is 3.01. The molecule has 0 saturated heterocycles. The summed E-state index contributed by atoms with van der Waals surface area (Å²) < 4.78 is 27.0. The molecule has 3 nitrogen and oxygen atoms in total. The summed E-state index contributed by atoms with van der Waals surface area (Å²) in [5.41, 5.74) is 0.922. The molecule has 0 aromatic heterocycles. The van der Waals surface area contributed by atoms with Crippen LogP contribution in [0.3, 0.4) is 0 Å². The van der Waals surface area contributed by atoms with Crippen LogP contribution in [0.4, 0.5) is 0 Å². The molecule has 0 aliphatic rings. The molecule has 6 heteroatoms. The Hall–Kier alpha value is -0.100. The van der Waals surface area contributed by atoms with E-state index in [0.29, 0.717) is 11.4 Å². The van der Waals surface area contributed by atoms with Crippen molar-refractivity contribution in [3.8, 4) is 0 Å². The van der Waals surface area contributed by atoms with Gasteiger partial charge in [-0.2, -0.15) is 8.42 Å². The highest BCUT2D eigenvalue weighted by molar-refractivity contribution is 9.10. The lowest BCUT2D eigenvalue weighted by Crippen LogP contribution is -2.06. The molecule has 0 unspecified atom stereocenters. The molecular weight excluding hydrogens is 304 g/mol. The van der Waals surface area contributed by atoms with Gasteiger partial charge in [0.2, 0.25) is 0 Å². The molecule has 0 bridgehead atoms. The molecule has 1 rings (SSSR count). The van der Waals surface area contributed by atoms with Crippen molar-refractivity contribution < 1.29 is 12.6 Å². The van der Waals surface area contributed by atoms with Crippen LogP contribution in [0.5, 0.6) is 0 Å². The van der Waals surface area contributed by atoms with E-state index in [1.807, 2.05) is 6.07 Å². The monoisotopic (exact) mass is 312 g/mol. The molecule has 0 heterocycles. The van der Waals surface area contributed by atoms with Crippen LogP contribution in [0.2, 0.25) is 5.02 Å². The van der Waals surface area contributed by atoms with Gasteiger partial charge in [-0.15, -0.1) is 0 Å². The number of halogens is 2. The molecule has 0 atom stereocenters. The number of rotatable bonds is 4. The standard InChI is InChI=1S/C9H10BrClO3S/c1-15(12,13)14-5-4-7-6-8(11)2-3-9(7)10/h2-3,6H,4-5H2,1H3. The third-order valence-electron chi connectivity index (χ3n) is 1.68. The van der Waals surface area contributed by atoms with E-state index in [1.54, 1.807) is 12.1 Å². The maximum atomic E-state index is 10.7. The van der Waals surface area contributed by atoms with Gasteiger partial charge in [0.15, 0.2) is 0 Å². The van der Waals surface area contributed by atoms with Crippen LogP contribution in [0.15, 0.2) is 22.7 Å². The van der Waals surface area contributed by atoms with Crippen molar-refractivity contribution in [1.82, 2.24) is 0 Å². The van der Waals surface area contributed by atoms with Crippen LogP contribution in [0.1, 0.15) is 5.56 Å². The van der Waals surface area contributed by atoms with Crippen LogP contribution in [0, 0.1) is 0 Å². The van der Waals surface area contributed by atoms with E-state index in [4.69, 9.17) is 11.6 Å². The lowest BCUT2D eigenvalue weighted by molar-refractivity contribution is 0.325. The molecule has 1 aromatic carbocycles. The highest BCUT2D eigenvalue weighted by atomic mass is 79.9. The minimum atomic E-state index is -3.37. The van der Waals surface area contributed by atoms with Crippen molar-refractivity contribution in [3.63, 3.8) is 0 Å². The van der Waals surface area contributed by atoms with Crippen molar-refractivity contribution >= 4 is 37.6 Å². The highest BCUT2D eigenvalue weighted by Crippen LogP contribution is 2.21. The molecular formula is C9H10BrClO3S. The predicted octanol–water partition coefficient (Wildman–Crippen LogP) is 2.62. The zero-order valence-corrected chi connectivity index (χ0v) is 11.2. The molecule has 0 aliphatic carbocycles. The summed E-state index contributed by atoms with van der Waals surface area (Å²) in [4.78, 5) is 0. The van der Waals surface area contributed by atoms with Crippen molar-refractivity contribution in [3.05, 3.63) is 33.3 Å². The molecule has 84 valence electrons. The fourth-order valence-corrected chi connectivity index (χ4v) is 2.06. The van der Waals surface area contributed by atoms with Gasteiger partial charge >= 0.3 is 0 Å². The Morgan fingerprint density at radius 2 is 2.13 bits per heavy atom. The maximum Gasteiger partial charge on any atom is 0.264 e. The first-order valence-corrected chi connectivity index (χ1v) is 7.15. The third-order valence-corrected chi connectivity index (χ3v) is 3.28. The maximum absolute atomic E-state index is 10.7. The van der Waals surface area contributed by atoms with Gasteiger partial charge < -0.3 is 0 Å². The first-order chi connectivity index (χ1) is 6.88. The Morgan fingerprint density at radius 3 is 2.73 bits per heavy atom. The molecule has 0 fully saturated rings. The first kappa shape index (κ1) is 13.0. The lowest BCUT2D eigenvalue weighted by Gasteiger charge is -2.04. The van der Waals surface area contributed by atoms with Gasteiger partial charge in [0.25, 0.3) is 10.1 Å². The largest absolute Gasteiger partial charge is 0.270 e. The minimum Gasteiger partial charge on any atom is -0.270 e. The van der Waals surface area contributed by atoms with Gasteiger partial charge in [-0.05, 0) is 30.2 Å². The quantitative estimate of drug-likeness (QED) is 0.803. The molecule has 0 aliphatic heterocycles. The van der Waals surface area contributed by atoms with E-state index in [9.17, 15) is 8.42 Å². The molecule has 0 amide bonds. The zero-order chi connectivity index (χ0) is 11.5. The van der Waals surface area contributed by atoms with Gasteiger partial charge in [-0.3, -0.25) is 4.18 Å². The Labute approximate surface area is 103 Å². The number of hydrogen-bond donors (Lipinski definition) is 0. The molecule has 1 aromatic rings. The van der Waals surface area contributed by atoms with Crippen LogP contribution < -0.4 is 0 Å². The second kappa shape index (κ2) is 5.30. The number of hydrogen-bond acceptors (Lipinski definition) is 3. The SMILES string of the molecule is CS(=O)(=O)OCCc1cc(Cl)ccc1Br. The van der Waals surface area contributed by atoms with Gasteiger partial charge in [-0.1, -0.05) is 27.5 Å². The first-order valence-electron chi connectivity index (χ1n) is 4.17. The topological polar surface area (TPSA) is 43.4 Å². The van der Waals surface area contributed by atoms with Crippen LogP contribution >= 0.6 is 27.5 Å². The summed E-state index contributed by atoms with van der Waals surface area (Å²) in [6.45, 7) is 0.123. The normalized spacial score (nSPS) is 11.7. The van der Waals surface area contributed by atoms with E-state index in [2.05, 4.69) is 20.1 Å². The zero-order valence-electron chi connectivity index (χ0n) is 8.04. The van der Waals surface area contributed by atoms with E-state index in [0.717, 1.165) is 16.3 Å². The summed E-state index contributed by atoms with van der Waals surface area (Å²) in [6, 6.07) is 5.35. The number of benzene rings is 1. The lowest BCUT2D eigenvalue weighted by atomic mass is 10.2. The average molecular weight is 314 g/mol. The molecule has 0 N–H and O–H groups in total. The van der Waals surface area contributed by atoms with Gasteiger partial charge in [0.05, 0.1) is 12.9 Å². The summed E-state index contributed by atoms with van der Waals surface area (Å²) in [7, 11) is -3.37. The Bertz CT molecular complexity index is 445. The Kier molecular flexibility index (Phi) is 4.58. The van der Waals surface area contributed by atoms with Crippen LogP contribution in [-0.4, -0.2) is 21.3 Å². The summed E-state index contributed by atoms with van der Waals surface area (Å²) >= 11 is 9.15. The fraction of sp³-hybridized carbons (Fsp3) is 0.333. The van der Waals surface area contributed by atoms with Crippen LogP contribution in [-0.2, 0) is 20.7 Å². The average Bonchev–Trinajstić information content (AvgIpc) is 2.09. The minimum absolute atomic E-state index is 0.123. The Balaban J connectivity index is 2.61. The van der Waals surface area contributed by atoms with Crippen molar-refractivity contribution in [2.75, 3.05) is 12.9 Å². The third kappa shape index (κ3) is 4.97. The van der Waals surface area contributed by atoms with E-state index in [1.165, 1.54) is 0 Å². The van der Waals surface area contributed by atoms with E-state index >= 15 is 0 Å². The molecule has 15 heavy (non-hydrogen) atoms. The van der Waals surface area contributed by atoms with Gasteiger partial charge in [0, 0.05) is 9.50 Å². The van der Waals surface area contributed by atoms with Crippen molar-refractivity contribution in [1.29, 1.82) is 0 Å². The predicted molar refractivity (Wildman–Crippen MR) is 63.7 cm³/mol. The van der Waals surface area contributed by atoms with Gasteiger partial charge in [0.1, 0.15) is 0 Å². The Morgan fingerprint density at radius 1 is 1.47 bits per heavy atom. The van der Waals surface area contributed by atoms with Crippen molar-refractivity contribution in [2.24, 2.45) is 0 Å². The van der Waals surface area contributed by atoms with Crippen molar-refractivity contribution in [2.45, 2.75) is 6.42 Å². The van der Waals surface area contributed by atoms with E-state index < -0.39 is 10.1 Å². The summed E-state index contributed by atoms with van der Waals surface area (Å²) in [6.07, 6.45) is 1.52. The molecule has 0 spiro atoms. The van der Waals surface area contributed by atoms with E-state index in [-0.39, 0.29) is 6.61 Å². The summed E-state index contributed by atoms with van der Waals surface area (Å²) in [5.74, 6) is 0. The van der Waals surface area contributed by atoms with Gasteiger partial charge in [-0.25, -0.2) is 0 Å². The second-order valence-corrected chi connectivity index (χ2v) is 5.95. The molecule has 0 radical (unpaired) electrons. The summed E-state index contributed by atoms with van der Waals surface area (Å²) in [5, 5.41) is 0.618.